The molecule has 0 unspecified atom stereocenters. The maximum absolute atomic E-state index is 11.1. The van der Waals surface area contributed by atoms with E-state index in [2.05, 4.69) is 0 Å². The Bertz CT molecular complexity index is 900. The van der Waals surface area contributed by atoms with Crippen LogP contribution in [-0.4, -0.2) is 31.5 Å². The van der Waals surface area contributed by atoms with Crippen molar-refractivity contribution in [2.45, 2.75) is 31.5 Å². The second-order valence-electron chi connectivity index (χ2n) is 7.40. The van der Waals surface area contributed by atoms with Crippen molar-refractivity contribution in [2.24, 2.45) is 0 Å². The Morgan fingerprint density at radius 3 is 2.59 bits per heavy atom. The van der Waals surface area contributed by atoms with E-state index >= 15 is 0 Å². The minimum absolute atomic E-state index is 0.235. The summed E-state index contributed by atoms with van der Waals surface area (Å²) in [4.78, 5) is 0. The molecule has 142 valence electrons. The summed E-state index contributed by atoms with van der Waals surface area (Å²) >= 11 is 0. The first kappa shape index (κ1) is 17.7. The zero-order chi connectivity index (χ0) is 19.2. The first-order valence-electron chi connectivity index (χ1n) is 9.01. The Hall–Kier alpha value is -2.66. The molecule has 2 aromatic carbocycles. The molecular weight excluding hydrogens is 344 g/mol. The van der Waals surface area contributed by atoms with Gasteiger partial charge in [-0.2, -0.15) is 0 Å². The predicted molar refractivity (Wildman–Crippen MR) is 103 cm³/mol. The number of hydrogen-bond donors (Lipinski definition) is 1. The van der Waals surface area contributed by atoms with Gasteiger partial charge < -0.3 is 24.1 Å². The summed E-state index contributed by atoms with van der Waals surface area (Å²) in [6.45, 7) is 4.37. The standard InChI is InChI=1S/C22H24O5/c1-22(2)10-9-15-18(27-22)8-7-16-20(23)17(12-26-21(15)16)14-6-5-13(24-3)11-19(14)25-4/h5-11,17,20,23H,12H2,1-4H3/t17-,20-/m0/s1. The van der Waals surface area contributed by atoms with E-state index in [0.29, 0.717) is 23.9 Å². The van der Waals surface area contributed by atoms with Crippen molar-refractivity contribution < 1.29 is 24.1 Å². The molecule has 27 heavy (non-hydrogen) atoms. The van der Waals surface area contributed by atoms with Gasteiger partial charge in [-0.05, 0) is 44.2 Å². The zero-order valence-corrected chi connectivity index (χ0v) is 16.0. The molecule has 1 N–H and O–H groups in total. The van der Waals surface area contributed by atoms with Gasteiger partial charge in [0.05, 0.1) is 38.4 Å². The summed E-state index contributed by atoms with van der Waals surface area (Å²) in [6.07, 6.45) is 3.31. The van der Waals surface area contributed by atoms with Crippen LogP contribution in [0.5, 0.6) is 23.0 Å². The van der Waals surface area contributed by atoms with Crippen molar-refractivity contribution in [1.29, 1.82) is 0 Å². The number of fused-ring (bicyclic) bond motifs is 3. The smallest absolute Gasteiger partial charge is 0.136 e. The maximum atomic E-state index is 11.1. The quantitative estimate of drug-likeness (QED) is 0.884. The lowest BCUT2D eigenvalue weighted by atomic mass is 9.85. The highest BCUT2D eigenvalue weighted by molar-refractivity contribution is 5.70. The molecule has 5 nitrogen and oxygen atoms in total. The normalized spacial score (nSPS) is 22.1. The Morgan fingerprint density at radius 2 is 1.85 bits per heavy atom. The van der Waals surface area contributed by atoms with Crippen LogP contribution in [0.1, 0.15) is 42.6 Å². The van der Waals surface area contributed by atoms with Crippen LogP contribution in [-0.2, 0) is 0 Å². The second-order valence-corrected chi connectivity index (χ2v) is 7.40. The molecule has 2 aromatic rings. The van der Waals surface area contributed by atoms with Crippen LogP contribution in [0.25, 0.3) is 6.08 Å². The summed E-state index contributed by atoms with van der Waals surface area (Å²) in [7, 11) is 3.23. The van der Waals surface area contributed by atoms with Crippen molar-refractivity contribution >= 4 is 6.08 Å². The topological polar surface area (TPSA) is 57.2 Å². The van der Waals surface area contributed by atoms with E-state index in [0.717, 1.165) is 22.4 Å². The van der Waals surface area contributed by atoms with Gasteiger partial charge in [-0.3, -0.25) is 0 Å². The van der Waals surface area contributed by atoms with Crippen molar-refractivity contribution in [1.82, 2.24) is 0 Å². The molecule has 0 radical (unpaired) electrons. The van der Waals surface area contributed by atoms with Crippen LogP contribution < -0.4 is 18.9 Å². The van der Waals surface area contributed by atoms with Gasteiger partial charge in [0.2, 0.25) is 0 Å². The van der Waals surface area contributed by atoms with Gasteiger partial charge in [-0.25, -0.2) is 0 Å². The number of ether oxygens (including phenoxy) is 4. The first-order chi connectivity index (χ1) is 12.9. The first-order valence-corrected chi connectivity index (χ1v) is 9.01. The van der Waals surface area contributed by atoms with Crippen molar-refractivity contribution in [2.75, 3.05) is 20.8 Å². The monoisotopic (exact) mass is 368 g/mol. The van der Waals surface area contributed by atoms with E-state index in [1.54, 1.807) is 14.2 Å². The zero-order valence-electron chi connectivity index (χ0n) is 16.0. The minimum atomic E-state index is -0.704. The Balaban J connectivity index is 1.72. The number of hydrogen-bond acceptors (Lipinski definition) is 5. The average molecular weight is 368 g/mol. The van der Waals surface area contributed by atoms with E-state index in [4.69, 9.17) is 18.9 Å². The fourth-order valence-corrected chi connectivity index (χ4v) is 3.71. The maximum Gasteiger partial charge on any atom is 0.136 e. The third-order valence-corrected chi connectivity index (χ3v) is 5.16. The molecule has 5 heteroatoms. The molecule has 4 rings (SSSR count). The van der Waals surface area contributed by atoms with Crippen LogP contribution in [0.3, 0.4) is 0 Å². The molecule has 0 saturated heterocycles. The average Bonchev–Trinajstić information content (AvgIpc) is 2.66. The van der Waals surface area contributed by atoms with Crippen LogP contribution in [0.4, 0.5) is 0 Å². The molecule has 0 spiro atoms. The summed E-state index contributed by atoms with van der Waals surface area (Å²) in [6, 6.07) is 9.40. The molecule has 0 fully saturated rings. The highest BCUT2D eigenvalue weighted by Gasteiger charge is 2.35. The van der Waals surface area contributed by atoms with E-state index in [1.165, 1.54) is 0 Å². The highest BCUT2D eigenvalue weighted by atomic mass is 16.5. The summed E-state index contributed by atoms with van der Waals surface area (Å²) in [5, 5.41) is 11.1. The lowest BCUT2D eigenvalue weighted by Gasteiger charge is -2.35. The molecule has 0 aromatic heterocycles. The number of benzene rings is 2. The third-order valence-electron chi connectivity index (χ3n) is 5.16. The fourth-order valence-electron chi connectivity index (χ4n) is 3.71. The molecule has 0 bridgehead atoms. The highest BCUT2D eigenvalue weighted by Crippen LogP contribution is 2.48. The molecule has 0 saturated carbocycles. The van der Waals surface area contributed by atoms with Gasteiger partial charge in [0.1, 0.15) is 28.6 Å². The summed E-state index contributed by atoms with van der Waals surface area (Å²) < 4.78 is 22.9. The summed E-state index contributed by atoms with van der Waals surface area (Å²) in [5.74, 6) is 2.61. The SMILES string of the molecule is COc1ccc([C@@H]2COc3c(ccc4c3C=CC(C)(C)O4)[C@@H]2O)c(OC)c1. The van der Waals surface area contributed by atoms with Crippen molar-refractivity contribution in [3.05, 3.63) is 53.1 Å². The second kappa shape index (κ2) is 6.50. The lowest BCUT2D eigenvalue weighted by molar-refractivity contribution is 0.0863. The largest absolute Gasteiger partial charge is 0.497 e. The minimum Gasteiger partial charge on any atom is -0.497 e. The van der Waals surface area contributed by atoms with Gasteiger partial charge in [0, 0.05) is 17.2 Å². The molecule has 0 amide bonds. The number of methoxy groups -OCH3 is 2. The molecule has 2 atom stereocenters. The predicted octanol–water partition coefficient (Wildman–Crippen LogP) is 4.10. The van der Waals surface area contributed by atoms with Gasteiger partial charge in [0.25, 0.3) is 0 Å². The lowest BCUT2D eigenvalue weighted by Crippen LogP contribution is -2.29. The Labute approximate surface area is 159 Å². The molecular formula is C22H24O5. The van der Waals surface area contributed by atoms with Crippen LogP contribution in [0.2, 0.25) is 0 Å². The van der Waals surface area contributed by atoms with Crippen molar-refractivity contribution in [3.63, 3.8) is 0 Å². The van der Waals surface area contributed by atoms with Crippen LogP contribution in [0, 0.1) is 0 Å². The summed E-state index contributed by atoms with van der Waals surface area (Å²) in [5.41, 5.74) is 2.18. The molecule has 2 aliphatic rings. The van der Waals surface area contributed by atoms with E-state index in [9.17, 15) is 5.11 Å². The third kappa shape index (κ3) is 3.02. The molecule has 2 heterocycles. The van der Waals surface area contributed by atoms with Crippen molar-refractivity contribution in [3.8, 4) is 23.0 Å². The van der Waals surface area contributed by atoms with Gasteiger partial charge in [-0.15, -0.1) is 0 Å². The number of aliphatic hydroxyl groups excluding tert-OH is 1. The molecule has 2 aliphatic heterocycles. The number of aliphatic hydroxyl groups is 1. The van der Waals surface area contributed by atoms with E-state index in [1.807, 2.05) is 56.3 Å². The van der Waals surface area contributed by atoms with Gasteiger partial charge >= 0.3 is 0 Å². The van der Waals surface area contributed by atoms with Crippen LogP contribution in [0.15, 0.2) is 36.4 Å². The number of rotatable bonds is 3. The van der Waals surface area contributed by atoms with Gasteiger partial charge in [0.15, 0.2) is 0 Å². The Morgan fingerprint density at radius 1 is 1.07 bits per heavy atom. The van der Waals surface area contributed by atoms with Crippen LogP contribution >= 0.6 is 0 Å². The molecule has 0 aliphatic carbocycles. The fraction of sp³-hybridized carbons (Fsp3) is 0.364. The van der Waals surface area contributed by atoms with Gasteiger partial charge in [-0.1, -0.05) is 6.07 Å². The van der Waals surface area contributed by atoms with E-state index in [-0.39, 0.29) is 11.5 Å². The van der Waals surface area contributed by atoms with E-state index < -0.39 is 6.10 Å². The Kier molecular flexibility index (Phi) is 4.27.